The molecule has 0 fully saturated rings. The molecular weight excluding hydrogens is 1020 g/mol. The van der Waals surface area contributed by atoms with Crippen LogP contribution in [-0.2, 0) is 0 Å². The standard InChI is InChI=1S/C54H42N4P4S6/c55-41-63-53(59(43-25-9-1-10-26-43)44-27-11-2-12-28-44)51(57-61(47-33-17-5-18-34-47)48-35-19-6-20-36-48)65-67-68-66-52(58-62(49-37-21-7-22-38-49)50-39-23-8-24-40-50)54(64-42-56)60(45-29-13-3-14-30-45)46-31-15-4-16-32-46/h1-40,57-58H/b53-51-,54-52-. The lowest BCUT2D eigenvalue weighted by Crippen LogP contribution is -2.23. The van der Waals surface area contributed by atoms with Gasteiger partial charge in [0.2, 0.25) is 0 Å². The highest BCUT2D eigenvalue weighted by atomic mass is 33.7. The summed E-state index contributed by atoms with van der Waals surface area (Å²) in [6.07, 6.45) is 0. The van der Waals surface area contributed by atoms with Crippen molar-refractivity contribution in [2.75, 3.05) is 0 Å². The summed E-state index contributed by atoms with van der Waals surface area (Å²) in [7, 11) is 2.18. The first-order valence-electron chi connectivity index (χ1n) is 21.1. The Hall–Kier alpha value is -4.36. The molecule has 0 spiro atoms. The highest BCUT2D eigenvalue weighted by Gasteiger charge is 2.29. The summed E-state index contributed by atoms with van der Waals surface area (Å²) in [5.74, 6) is 0. The average Bonchev–Trinajstić information content (AvgIpc) is 3.41. The Morgan fingerprint density at radius 2 is 0.515 bits per heavy atom. The fraction of sp³-hybridized carbons (Fsp3) is 0. The molecule has 8 rings (SSSR count). The van der Waals surface area contributed by atoms with Crippen molar-refractivity contribution in [3.63, 3.8) is 0 Å². The Morgan fingerprint density at radius 1 is 0.309 bits per heavy atom. The topological polar surface area (TPSA) is 71.6 Å². The van der Waals surface area contributed by atoms with Gasteiger partial charge in [0.25, 0.3) is 0 Å². The number of nitrogens with one attached hydrogen (secondary N) is 2. The van der Waals surface area contributed by atoms with Crippen molar-refractivity contribution in [3.8, 4) is 10.8 Å². The zero-order valence-electron chi connectivity index (χ0n) is 36.2. The Morgan fingerprint density at radius 3 is 0.721 bits per heavy atom. The van der Waals surface area contributed by atoms with E-state index < -0.39 is 32.0 Å². The van der Waals surface area contributed by atoms with Crippen molar-refractivity contribution in [2.45, 2.75) is 0 Å². The first-order chi connectivity index (χ1) is 33.7. The zero-order chi connectivity index (χ0) is 46.6. The van der Waals surface area contributed by atoms with Gasteiger partial charge in [0.1, 0.15) is 10.8 Å². The summed E-state index contributed by atoms with van der Waals surface area (Å²) in [4.78, 5) is 0. The number of thioether (sulfide) groups is 2. The predicted octanol–water partition coefficient (Wildman–Crippen LogP) is 13.9. The quantitative estimate of drug-likeness (QED) is 0.0315. The highest BCUT2D eigenvalue weighted by molar-refractivity contribution is 9.26. The minimum atomic E-state index is -1.14. The van der Waals surface area contributed by atoms with Crippen molar-refractivity contribution in [1.29, 1.82) is 10.5 Å². The molecule has 0 aliphatic heterocycles. The first-order valence-corrected chi connectivity index (χ1v) is 33.0. The summed E-state index contributed by atoms with van der Waals surface area (Å²) in [6.45, 7) is 0. The molecule has 8 aromatic rings. The van der Waals surface area contributed by atoms with E-state index in [1.807, 2.05) is 24.3 Å². The molecular formula is C54H42N4P4S6. The third-order valence-electron chi connectivity index (χ3n) is 9.88. The monoisotopic (exact) mass is 1060 g/mol. The third-order valence-corrected chi connectivity index (χ3v) is 28.0. The van der Waals surface area contributed by atoms with E-state index >= 15 is 0 Å². The highest BCUT2D eigenvalue weighted by Crippen LogP contribution is 2.60. The number of nitrogens with zero attached hydrogens (tertiary/aromatic N) is 2. The van der Waals surface area contributed by atoms with Crippen LogP contribution >= 0.6 is 96.8 Å². The van der Waals surface area contributed by atoms with E-state index in [0.29, 0.717) is 0 Å². The van der Waals surface area contributed by atoms with E-state index in [-0.39, 0.29) is 0 Å². The van der Waals surface area contributed by atoms with Gasteiger partial charge >= 0.3 is 0 Å². The molecule has 68 heavy (non-hydrogen) atoms. The van der Waals surface area contributed by atoms with Gasteiger partial charge in [-0.2, -0.15) is 10.5 Å². The average molecular weight is 1060 g/mol. The molecule has 0 atom stereocenters. The van der Waals surface area contributed by atoms with Crippen molar-refractivity contribution in [1.82, 2.24) is 10.2 Å². The van der Waals surface area contributed by atoms with Crippen molar-refractivity contribution in [2.24, 2.45) is 0 Å². The molecule has 0 aromatic heterocycles. The van der Waals surface area contributed by atoms with Crippen LogP contribution in [0.5, 0.6) is 0 Å². The fourth-order valence-corrected chi connectivity index (χ4v) is 25.7. The van der Waals surface area contributed by atoms with Crippen molar-refractivity contribution >= 4 is 139 Å². The SMILES string of the molecule is N#CS/C(=C(/NP(c1ccccc1)c1ccccc1)SSSS/C(NP(c1ccccc1)c1ccccc1)=C(\SC#N)P(c1ccccc1)c1ccccc1)P(c1ccccc1)c1ccccc1. The lowest BCUT2D eigenvalue weighted by atomic mass is 10.4. The van der Waals surface area contributed by atoms with E-state index in [2.05, 4.69) is 239 Å². The minimum absolute atomic E-state index is 0.948. The van der Waals surface area contributed by atoms with Gasteiger partial charge in [0.05, 0.1) is 35.5 Å². The van der Waals surface area contributed by atoms with Crippen LogP contribution in [0.1, 0.15) is 0 Å². The number of hydrogen-bond donors (Lipinski definition) is 2. The second-order valence-electron chi connectivity index (χ2n) is 14.2. The predicted molar refractivity (Wildman–Crippen MR) is 313 cm³/mol. The summed E-state index contributed by atoms with van der Waals surface area (Å²) in [5.41, 5.74) is 0. The zero-order valence-corrected chi connectivity index (χ0v) is 44.7. The molecule has 0 radical (unpaired) electrons. The normalized spacial score (nSPS) is 12.0. The first kappa shape index (κ1) is 50.0. The van der Waals surface area contributed by atoms with Gasteiger partial charge in [-0.15, -0.1) is 0 Å². The Labute approximate surface area is 429 Å². The number of thiocyanates is 2. The summed E-state index contributed by atoms with van der Waals surface area (Å²) >= 11 is 2.50. The van der Waals surface area contributed by atoms with Gasteiger partial charge in [-0.3, -0.25) is 0 Å². The van der Waals surface area contributed by atoms with Gasteiger partial charge in [-0.25, -0.2) is 0 Å². The number of rotatable bonds is 21. The van der Waals surface area contributed by atoms with Crippen LogP contribution in [0.15, 0.2) is 262 Å². The van der Waals surface area contributed by atoms with Gasteiger partial charge in [-0.1, -0.05) is 243 Å². The van der Waals surface area contributed by atoms with Crippen LogP contribution in [0.25, 0.3) is 0 Å². The van der Waals surface area contributed by atoms with Crippen LogP contribution in [0.3, 0.4) is 0 Å². The molecule has 8 aromatic carbocycles. The minimum Gasteiger partial charge on any atom is -0.350 e. The van der Waals surface area contributed by atoms with Crippen LogP contribution in [0.4, 0.5) is 0 Å². The van der Waals surface area contributed by atoms with Crippen LogP contribution in [0, 0.1) is 21.3 Å². The molecule has 0 aliphatic rings. The summed E-state index contributed by atoms with van der Waals surface area (Å²) in [6, 6.07) is 84.8. The van der Waals surface area contributed by atoms with E-state index in [4.69, 9.17) is 0 Å². The second-order valence-corrected chi connectivity index (χ2v) is 30.2. The Bertz CT molecular complexity index is 2580. The van der Waals surface area contributed by atoms with Gasteiger partial charge in [0, 0.05) is 21.2 Å². The number of benzene rings is 8. The van der Waals surface area contributed by atoms with Gasteiger partial charge in [-0.05, 0) is 102 Å². The van der Waals surface area contributed by atoms with Crippen molar-refractivity contribution < 1.29 is 0 Å². The van der Waals surface area contributed by atoms with Crippen molar-refractivity contribution in [3.05, 3.63) is 262 Å². The van der Waals surface area contributed by atoms with Crippen LogP contribution in [0.2, 0.25) is 0 Å². The van der Waals surface area contributed by atoms with E-state index in [1.165, 1.54) is 66.0 Å². The third kappa shape index (κ3) is 13.7. The maximum Gasteiger partial charge on any atom is 0.138 e. The molecule has 0 aliphatic carbocycles. The fourth-order valence-electron chi connectivity index (χ4n) is 6.92. The van der Waals surface area contributed by atoms with Gasteiger partial charge in [0.15, 0.2) is 0 Å². The molecule has 4 nitrogen and oxygen atoms in total. The lowest BCUT2D eigenvalue weighted by molar-refractivity contribution is 1.36. The molecule has 14 heteroatoms. The molecule has 0 unspecified atom stereocenters. The van der Waals surface area contributed by atoms with Gasteiger partial charge < -0.3 is 10.2 Å². The maximum absolute atomic E-state index is 10.7. The Balaban J connectivity index is 1.24. The molecule has 0 bridgehead atoms. The van der Waals surface area contributed by atoms with Crippen LogP contribution in [-0.4, -0.2) is 0 Å². The van der Waals surface area contributed by atoms with E-state index in [0.717, 1.165) is 19.4 Å². The molecule has 0 heterocycles. The number of hydrogen-bond acceptors (Lipinski definition) is 10. The maximum atomic E-state index is 10.7. The molecule has 0 saturated heterocycles. The second kappa shape index (κ2) is 27.1. The summed E-state index contributed by atoms with van der Waals surface area (Å²) in [5, 5.41) is 45.9. The molecule has 2 N–H and O–H groups in total. The number of nitriles is 2. The largest absolute Gasteiger partial charge is 0.350 e. The molecule has 0 amide bonds. The van der Waals surface area contributed by atoms with E-state index in [9.17, 15) is 10.5 Å². The Kier molecular flexibility index (Phi) is 20.0. The molecule has 0 saturated carbocycles. The summed E-state index contributed by atoms with van der Waals surface area (Å²) < 4.78 is 1.98. The molecule has 334 valence electrons. The van der Waals surface area contributed by atoms with Crippen LogP contribution < -0.4 is 52.6 Å². The smallest absolute Gasteiger partial charge is 0.138 e. The lowest BCUT2D eigenvalue weighted by Gasteiger charge is -2.28. The van der Waals surface area contributed by atoms with E-state index in [1.54, 1.807) is 41.2 Å².